The van der Waals surface area contributed by atoms with E-state index >= 15 is 0 Å². The molecule has 0 fully saturated rings. The third-order valence-corrected chi connectivity index (χ3v) is 2.95. The highest BCUT2D eigenvalue weighted by molar-refractivity contribution is 9.10. The molecule has 0 saturated heterocycles. The van der Waals surface area contributed by atoms with E-state index < -0.39 is 0 Å². The number of hydrogen-bond donors (Lipinski definition) is 0. The molecule has 0 amide bonds. The molecule has 0 aliphatic rings. The van der Waals surface area contributed by atoms with Crippen molar-refractivity contribution in [3.63, 3.8) is 0 Å². The maximum atomic E-state index is 5.70. The Kier molecular flexibility index (Phi) is 2.16. The van der Waals surface area contributed by atoms with Gasteiger partial charge < -0.3 is 0 Å². The Morgan fingerprint density at radius 3 is 2.92 bits per heavy atom. The largest absolute Gasteiger partial charge is 0.212 e. The molecule has 0 spiro atoms. The van der Waals surface area contributed by atoms with Gasteiger partial charge in [0.05, 0.1) is 17.4 Å². The van der Waals surface area contributed by atoms with Gasteiger partial charge in [-0.15, -0.1) is 11.3 Å². The molecule has 0 aromatic carbocycles. The monoisotopic (exact) mass is 263 g/mol. The summed E-state index contributed by atoms with van der Waals surface area (Å²) in [5.74, 6) is 0. The second-order valence-corrected chi connectivity index (χ2v) is 4.14. The van der Waals surface area contributed by atoms with Gasteiger partial charge in [-0.2, -0.15) is 5.10 Å². The number of aromatic nitrogens is 3. The van der Waals surface area contributed by atoms with Crippen molar-refractivity contribution in [2.75, 3.05) is 0 Å². The Balaban J connectivity index is 2.43. The highest BCUT2D eigenvalue weighted by Gasteiger charge is 2.02. The molecule has 0 saturated carbocycles. The summed E-state index contributed by atoms with van der Waals surface area (Å²) in [6, 6.07) is 0. The van der Waals surface area contributed by atoms with Crippen molar-refractivity contribution in [2.24, 2.45) is 0 Å². The summed E-state index contributed by atoms with van der Waals surface area (Å²) in [6.45, 7) is 0. The molecule has 0 N–H and O–H groups in total. The standard InChI is InChI=1S/C6H3BrClN3S/c7-5-3-12-6(10-5)11-2-4(8)1-9-11/h1-3H. The minimum Gasteiger partial charge on any atom is -0.212 e. The zero-order chi connectivity index (χ0) is 8.55. The molecular weight excluding hydrogens is 262 g/mol. The highest BCUT2D eigenvalue weighted by Crippen LogP contribution is 2.19. The first kappa shape index (κ1) is 8.22. The van der Waals surface area contributed by atoms with E-state index in [0.29, 0.717) is 5.02 Å². The Labute approximate surface area is 86.1 Å². The van der Waals surface area contributed by atoms with Crippen LogP contribution in [-0.4, -0.2) is 14.8 Å². The molecule has 2 rings (SSSR count). The number of rotatable bonds is 1. The molecular formula is C6H3BrClN3S. The maximum absolute atomic E-state index is 5.70. The van der Waals surface area contributed by atoms with Crippen LogP contribution in [0.15, 0.2) is 22.4 Å². The highest BCUT2D eigenvalue weighted by atomic mass is 79.9. The topological polar surface area (TPSA) is 30.7 Å². The van der Waals surface area contributed by atoms with Crippen LogP contribution in [0.1, 0.15) is 0 Å². The Morgan fingerprint density at radius 1 is 1.58 bits per heavy atom. The minimum atomic E-state index is 0.612. The summed E-state index contributed by atoms with van der Waals surface area (Å²) in [5.41, 5.74) is 0. The van der Waals surface area contributed by atoms with Crippen LogP contribution in [-0.2, 0) is 0 Å². The summed E-state index contributed by atoms with van der Waals surface area (Å²) in [6.07, 6.45) is 3.30. The molecule has 3 nitrogen and oxygen atoms in total. The molecule has 0 bridgehead atoms. The van der Waals surface area contributed by atoms with Crippen LogP contribution in [0.3, 0.4) is 0 Å². The molecule has 0 aliphatic carbocycles. The van der Waals surface area contributed by atoms with E-state index in [1.54, 1.807) is 17.1 Å². The van der Waals surface area contributed by atoms with E-state index in [4.69, 9.17) is 11.6 Å². The minimum absolute atomic E-state index is 0.612. The van der Waals surface area contributed by atoms with E-state index in [1.165, 1.54) is 11.3 Å². The lowest BCUT2D eigenvalue weighted by Gasteiger charge is -1.90. The van der Waals surface area contributed by atoms with Crippen LogP contribution in [0.5, 0.6) is 0 Å². The van der Waals surface area contributed by atoms with Crippen molar-refractivity contribution in [3.05, 3.63) is 27.4 Å². The van der Waals surface area contributed by atoms with Gasteiger partial charge in [-0.05, 0) is 15.9 Å². The van der Waals surface area contributed by atoms with Gasteiger partial charge in [0.2, 0.25) is 5.13 Å². The molecule has 0 atom stereocenters. The van der Waals surface area contributed by atoms with Gasteiger partial charge in [-0.1, -0.05) is 11.6 Å². The van der Waals surface area contributed by atoms with Crippen LogP contribution < -0.4 is 0 Å². The number of nitrogens with zero attached hydrogens (tertiary/aromatic N) is 3. The zero-order valence-corrected chi connectivity index (χ0v) is 8.90. The first-order valence-corrected chi connectivity index (χ1v) is 5.12. The van der Waals surface area contributed by atoms with E-state index in [-0.39, 0.29) is 0 Å². The average molecular weight is 265 g/mol. The molecule has 0 aliphatic heterocycles. The fraction of sp³-hybridized carbons (Fsp3) is 0. The van der Waals surface area contributed by atoms with Crippen molar-refractivity contribution < 1.29 is 0 Å². The fourth-order valence-electron chi connectivity index (χ4n) is 0.756. The summed E-state index contributed by atoms with van der Waals surface area (Å²) in [5, 5.41) is 7.32. The van der Waals surface area contributed by atoms with Gasteiger partial charge in [0.15, 0.2) is 0 Å². The molecule has 2 aromatic heterocycles. The summed E-state index contributed by atoms with van der Waals surface area (Å²) in [7, 11) is 0. The molecule has 2 aromatic rings. The molecule has 62 valence electrons. The van der Waals surface area contributed by atoms with Crippen molar-refractivity contribution in [1.29, 1.82) is 0 Å². The van der Waals surface area contributed by atoms with Crippen LogP contribution in [0.4, 0.5) is 0 Å². The SMILES string of the molecule is Clc1cnn(-c2nc(Br)cs2)c1. The molecule has 2 heterocycles. The molecule has 0 radical (unpaired) electrons. The van der Waals surface area contributed by atoms with E-state index in [2.05, 4.69) is 26.0 Å². The quantitative estimate of drug-likeness (QED) is 0.793. The van der Waals surface area contributed by atoms with Crippen LogP contribution >= 0.6 is 38.9 Å². The Bertz CT molecular complexity index is 359. The second-order valence-electron chi connectivity index (χ2n) is 2.06. The Morgan fingerprint density at radius 2 is 2.42 bits per heavy atom. The number of thiazole rings is 1. The predicted octanol–water partition coefficient (Wildman–Crippen LogP) is 2.74. The van der Waals surface area contributed by atoms with Crippen LogP contribution in [0, 0.1) is 0 Å². The van der Waals surface area contributed by atoms with Crippen LogP contribution in [0.25, 0.3) is 5.13 Å². The van der Waals surface area contributed by atoms with Crippen molar-refractivity contribution in [2.45, 2.75) is 0 Å². The van der Waals surface area contributed by atoms with Crippen LogP contribution in [0.2, 0.25) is 5.02 Å². The third-order valence-electron chi connectivity index (χ3n) is 1.21. The van der Waals surface area contributed by atoms with Gasteiger partial charge in [0.25, 0.3) is 0 Å². The van der Waals surface area contributed by atoms with Crippen molar-refractivity contribution in [3.8, 4) is 5.13 Å². The fourth-order valence-corrected chi connectivity index (χ4v) is 2.07. The third kappa shape index (κ3) is 1.53. The Hall–Kier alpha value is -0.390. The molecule has 12 heavy (non-hydrogen) atoms. The zero-order valence-electron chi connectivity index (χ0n) is 5.74. The summed E-state index contributed by atoms with van der Waals surface area (Å²) in [4.78, 5) is 4.17. The van der Waals surface area contributed by atoms with Gasteiger partial charge >= 0.3 is 0 Å². The van der Waals surface area contributed by atoms with Gasteiger partial charge in [0.1, 0.15) is 4.60 Å². The average Bonchev–Trinajstić information content (AvgIpc) is 2.58. The van der Waals surface area contributed by atoms with Gasteiger partial charge in [0, 0.05) is 5.38 Å². The van der Waals surface area contributed by atoms with Crippen molar-refractivity contribution >= 4 is 38.9 Å². The summed E-state index contributed by atoms with van der Waals surface area (Å²) < 4.78 is 2.45. The number of halogens is 2. The lowest BCUT2D eigenvalue weighted by atomic mass is 10.7. The molecule has 6 heteroatoms. The predicted molar refractivity (Wildman–Crippen MR) is 51.9 cm³/mol. The van der Waals surface area contributed by atoms with E-state index in [9.17, 15) is 0 Å². The lowest BCUT2D eigenvalue weighted by molar-refractivity contribution is 0.867. The summed E-state index contributed by atoms with van der Waals surface area (Å²) >= 11 is 10.5. The number of hydrogen-bond acceptors (Lipinski definition) is 3. The second kappa shape index (κ2) is 3.16. The first-order valence-electron chi connectivity index (χ1n) is 3.07. The van der Waals surface area contributed by atoms with Crippen molar-refractivity contribution in [1.82, 2.24) is 14.8 Å². The van der Waals surface area contributed by atoms with Gasteiger partial charge in [-0.25, -0.2) is 9.67 Å². The smallest absolute Gasteiger partial charge is 0.211 e. The van der Waals surface area contributed by atoms with E-state index in [1.807, 2.05) is 5.38 Å². The van der Waals surface area contributed by atoms with Gasteiger partial charge in [-0.3, -0.25) is 0 Å². The normalized spacial score (nSPS) is 10.5. The lowest BCUT2D eigenvalue weighted by Crippen LogP contribution is -1.91. The molecule has 0 unspecified atom stereocenters. The maximum Gasteiger partial charge on any atom is 0.211 e. The van der Waals surface area contributed by atoms with E-state index in [0.717, 1.165) is 9.73 Å². The first-order chi connectivity index (χ1) is 5.75.